The highest BCUT2D eigenvalue weighted by Crippen LogP contribution is 2.30. The molecule has 0 bridgehead atoms. The molecule has 4 heteroatoms. The summed E-state index contributed by atoms with van der Waals surface area (Å²) in [5.74, 6) is 2.00. The molecule has 1 saturated carbocycles. The van der Waals surface area contributed by atoms with Crippen molar-refractivity contribution in [3.05, 3.63) is 28.8 Å². The van der Waals surface area contributed by atoms with E-state index in [1.807, 2.05) is 18.2 Å². The van der Waals surface area contributed by atoms with Crippen LogP contribution in [-0.2, 0) is 6.54 Å². The molecule has 0 heterocycles. The van der Waals surface area contributed by atoms with Gasteiger partial charge in [-0.25, -0.2) is 0 Å². The molecular weight excluding hydrogens is 224 g/mol. The Hall–Kier alpha value is -1.22. The van der Waals surface area contributed by atoms with Gasteiger partial charge >= 0.3 is 0 Å². The Kier molecular flexibility index (Phi) is 3.34. The smallest absolute Gasteiger partial charge is 0.125 e. The molecular formula is C12H15ClN2O. The van der Waals surface area contributed by atoms with Gasteiger partial charge in [0, 0.05) is 16.5 Å². The molecule has 2 rings (SSSR count). The van der Waals surface area contributed by atoms with Gasteiger partial charge in [-0.1, -0.05) is 17.7 Å². The van der Waals surface area contributed by atoms with Crippen molar-refractivity contribution in [2.45, 2.75) is 19.4 Å². The number of aliphatic imine (C=N–C) groups is 1. The van der Waals surface area contributed by atoms with Gasteiger partial charge in [0.2, 0.25) is 0 Å². The number of benzene rings is 1. The summed E-state index contributed by atoms with van der Waals surface area (Å²) in [5.41, 5.74) is 6.73. The average Bonchev–Trinajstić information content (AvgIpc) is 3.10. The maximum Gasteiger partial charge on any atom is 0.125 e. The van der Waals surface area contributed by atoms with E-state index in [0.717, 1.165) is 30.0 Å². The molecule has 0 saturated heterocycles. The van der Waals surface area contributed by atoms with E-state index in [1.165, 1.54) is 0 Å². The summed E-state index contributed by atoms with van der Waals surface area (Å²) >= 11 is 6.10. The number of ether oxygens (including phenoxy) is 1. The lowest BCUT2D eigenvalue weighted by atomic mass is 10.2. The number of rotatable bonds is 4. The van der Waals surface area contributed by atoms with Gasteiger partial charge in [-0.05, 0) is 25.0 Å². The van der Waals surface area contributed by atoms with Crippen molar-refractivity contribution in [1.29, 1.82) is 0 Å². The van der Waals surface area contributed by atoms with E-state index in [4.69, 9.17) is 22.1 Å². The van der Waals surface area contributed by atoms with Crippen LogP contribution in [0.15, 0.2) is 23.2 Å². The number of methoxy groups -OCH3 is 1. The van der Waals surface area contributed by atoms with Gasteiger partial charge in [0.05, 0.1) is 19.5 Å². The lowest BCUT2D eigenvalue weighted by molar-refractivity contribution is 0.410. The maximum atomic E-state index is 6.10. The van der Waals surface area contributed by atoms with Crippen molar-refractivity contribution in [3.63, 3.8) is 0 Å². The second-order valence-corrected chi connectivity index (χ2v) is 4.34. The summed E-state index contributed by atoms with van der Waals surface area (Å²) in [6.07, 6.45) is 2.32. The first-order valence-corrected chi connectivity index (χ1v) is 5.71. The van der Waals surface area contributed by atoms with E-state index in [-0.39, 0.29) is 0 Å². The third-order valence-corrected chi connectivity index (χ3v) is 3.07. The number of nitrogens with two attached hydrogens (primary N) is 1. The van der Waals surface area contributed by atoms with Crippen molar-refractivity contribution >= 4 is 17.4 Å². The molecule has 1 aromatic rings. The number of hydrogen-bond donors (Lipinski definition) is 1. The monoisotopic (exact) mass is 238 g/mol. The molecule has 2 N–H and O–H groups in total. The Labute approximate surface area is 100 Å². The molecule has 0 aliphatic heterocycles. The third-order valence-electron chi connectivity index (χ3n) is 2.71. The van der Waals surface area contributed by atoms with Crippen LogP contribution in [-0.4, -0.2) is 12.9 Å². The molecule has 3 nitrogen and oxygen atoms in total. The molecule has 1 fully saturated rings. The third kappa shape index (κ3) is 2.47. The highest BCUT2D eigenvalue weighted by Gasteiger charge is 2.25. The molecule has 16 heavy (non-hydrogen) atoms. The first-order chi connectivity index (χ1) is 7.72. The maximum absolute atomic E-state index is 6.10. The normalized spacial score (nSPS) is 16.2. The molecule has 0 amide bonds. The van der Waals surface area contributed by atoms with Crippen LogP contribution in [0.3, 0.4) is 0 Å². The molecule has 1 aliphatic carbocycles. The standard InChI is InChI=1S/C12H15ClN2O/c1-16-11-4-2-3-10(13)9(11)7-15-12(14)8-5-6-8/h2-4,8H,5-7H2,1H3,(H2,14,15). The fourth-order valence-electron chi connectivity index (χ4n) is 1.56. The number of halogens is 1. The van der Waals surface area contributed by atoms with Crippen LogP contribution >= 0.6 is 11.6 Å². The van der Waals surface area contributed by atoms with Crippen molar-refractivity contribution in [2.24, 2.45) is 16.6 Å². The Balaban J connectivity index is 2.16. The molecule has 0 unspecified atom stereocenters. The quantitative estimate of drug-likeness (QED) is 0.648. The summed E-state index contributed by atoms with van der Waals surface area (Å²) in [7, 11) is 1.63. The van der Waals surface area contributed by atoms with Crippen molar-refractivity contribution in [3.8, 4) is 5.75 Å². The van der Waals surface area contributed by atoms with Gasteiger partial charge in [-0.15, -0.1) is 0 Å². The number of amidine groups is 1. The van der Waals surface area contributed by atoms with Crippen molar-refractivity contribution < 1.29 is 4.74 Å². The van der Waals surface area contributed by atoms with Gasteiger partial charge < -0.3 is 10.5 Å². The summed E-state index contributed by atoms with van der Waals surface area (Å²) in [6.45, 7) is 0.491. The van der Waals surface area contributed by atoms with Crippen LogP contribution in [0, 0.1) is 5.92 Å². The van der Waals surface area contributed by atoms with Crippen LogP contribution in [0.5, 0.6) is 5.75 Å². The molecule has 1 aromatic carbocycles. The first kappa shape index (κ1) is 11.3. The summed E-state index contributed by atoms with van der Waals surface area (Å²) in [5, 5.41) is 0.673. The molecule has 0 radical (unpaired) electrons. The first-order valence-electron chi connectivity index (χ1n) is 5.33. The van der Waals surface area contributed by atoms with Gasteiger partial charge in [0.15, 0.2) is 0 Å². The van der Waals surface area contributed by atoms with Gasteiger partial charge in [-0.2, -0.15) is 0 Å². The van der Waals surface area contributed by atoms with Crippen LogP contribution < -0.4 is 10.5 Å². The molecule has 86 valence electrons. The Morgan fingerprint density at radius 2 is 2.31 bits per heavy atom. The van der Waals surface area contributed by atoms with E-state index in [0.29, 0.717) is 17.5 Å². The summed E-state index contributed by atoms with van der Waals surface area (Å²) in [6, 6.07) is 5.57. The highest BCUT2D eigenvalue weighted by molar-refractivity contribution is 6.31. The molecule has 0 atom stereocenters. The lowest BCUT2D eigenvalue weighted by Crippen LogP contribution is -2.14. The SMILES string of the molecule is COc1cccc(Cl)c1CN=C(N)C1CC1. The minimum atomic E-state index is 0.491. The van der Waals surface area contributed by atoms with Gasteiger partial charge in [-0.3, -0.25) is 4.99 Å². The number of hydrogen-bond acceptors (Lipinski definition) is 2. The second kappa shape index (κ2) is 4.74. The van der Waals surface area contributed by atoms with E-state index in [1.54, 1.807) is 7.11 Å². The zero-order valence-electron chi connectivity index (χ0n) is 9.24. The average molecular weight is 239 g/mol. The molecule has 0 spiro atoms. The Bertz CT molecular complexity index is 413. The summed E-state index contributed by atoms with van der Waals surface area (Å²) in [4.78, 5) is 4.36. The van der Waals surface area contributed by atoms with E-state index in [9.17, 15) is 0 Å². The van der Waals surface area contributed by atoms with Crippen molar-refractivity contribution in [1.82, 2.24) is 0 Å². The van der Waals surface area contributed by atoms with Crippen LogP contribution in [0.2, 0.25) is 5.02 Å². The molecule has 1 aliphatic rings. The Morgan fingerprint density at radius 3 is 2.94 bits per heavy atom. The van der Waals surface area contributed by atoms with Gasteiger partial charge in [0.25, 0.3) is 0 Å². The zero-order valence-corrected chi connectivity index (χ0v) is 10.00. The predicted molar refractivity (Wildman–Crippen MR) is 66.1 cm³/mol. The summed E-state index contributed by atoms with van der Waals surface area (Å²) < 4.78 is 5.24. The van der Waals surface area contributed by atoms with E-state index >= 15 is 0 Å². The lowest BCUT2D eigenvalue weighted by Gasteiger charge is -2.08. The fraction of sp³-hybridized carbons (Fsp3) is 0.417. The fourth-order valence-corrected chi connectivity index (χ4v) is 1.79. The topological polar surface area (TPSA) is 47.6 Å². The predicted octanol–water partition coefficient (Wildman–Crippen LogP) is 2.62. The second-order valence-electron chi connectivity index (χ2n) is 3.94. The minimum absolute atomic E-state index is 0.491. The Morgan fingerprint density at radius 1 is 1.56 bits per heavy atom. The molecule has 0 aromatic heterocycles. The highest BCUT2D eigenvalue weighted by atomic mass is 35.5. The van der Waals surface area contributed by atoms with E-state index in [2.05, 4.69) is 4.99 Å². The van der Waals surface area contributed by atoms with Crippen LogP contribution in [0.4, 0.5) is 0 Å². The number of nitrogens with zero attached hydrogens (tertiary/aromatic N) is 1. The van der Waals surface area contributed by atoms with Crippen LogP contribution in [0.1, 0.15) is 18.4 Å². The van der Waals surface area contributed by atoms with Gasteiger partial charge in [0.1, 0.15) is 5.75 Å². The van der Waals surface area contributed by atoms with Crippen LogP contribution in [0.25, 0.3) is 0 Å². The largest absolute Gasteiger partial charge is 0.496 e. The van der Waals surface area contributed by atoms with E-state index < -0.39 is 0 Å². The minimum Gasteiger partial charge on any atom is -0.496 e. The zero-order chi connectivity index (χ0) is 11.5. The van der Waals surface area contributed by atoms with Crippen molar-refractivity contribution in [2.75, 3.05) is 7.11 Å².